The molecule has 0 aromatic carbocycles. The lowest BCUT2D eigenvalue weighted by Gasteiger charge is -2.07. The van der Waals surface area contributed by atoms with Crippen LogP contribution in [0, 0.1) is 5.92 Å². The predicted molar refractivity (Wildman–Crippen MR) is 42.8 cm³/mol. The number of hydrogen-bond donors (Lipinski definition) is 1. The average molecular weight is 162 g/mol. The van der Waals surface area contributed by atoms with Gasteiger partial charge in [-0.15, -0.1) is 0 Å². The smallest absolute Gasteiger partial charge is 0.0891 e. The molecule has 1 aliphatic heterocycles. The molecule has 0 aliphatic carbocycles. The molecule has 1 heterocycles. The summed E-state index contributed by atoms with van der Waals surface area (Å²) in [4.78, 5) is 2.25. The number of likely N-dealkylation sites (tertiary alicyclic amines) is 1. The van der Waals surface area contributed by atoms with Gasteiger partial charge in [-0.05, 0) is 25.9 Å². The second-order valence-electron chi connectivity index (χ2n) is 2.96. The Labute approximate surface area is 64.2 Å². The van der Waals surface area contributed by atoms with Gasteiger partial charge in [0.05, 0.1) is 11.0 Å². The molecule has 60 valence electrons. The van der Waals surface area contributed by atoms with Crippen LogP contribution in [-0.2, 0) is 11.0 Å². The van der Waals surface area contributed by atoms with Crippen molar-refractivity contribution in [3.63, 3.8) is 0 Å². The fourth-order valence-corrected chi connectivity index (χ4v) is 2.13. The monoisotopic (exact) mass is 162 g/mol. The van der Waals surface area contributed by atoms with E-state index in [-0.39, 0.29) is 0 Å². The van der Waals surface area contributed by atoms with Crippen LogP contribution in [0.3, 0.4) is 0 Å². The van der Waals surface area contributed by atoms with Crippen LogP contribution < -0.4 is 5.14 Å². The Morgan fingerprint density at radius 3 is 2.90 bits per heavy atom. The average Bonchev–Trinajstić information content (AvgIpc) is 2.13. The lowest BCUT2D eigenvalue weighted by Crippen LogP contribution is -2.20. The Hall–Kier alpha value is 0.0700. The van der Waals surface area contributed by atoms with Gasteiger partial charge in [0.15, 0.2) is 0 Å². The first-order valence-electron chi connectivity index (χ1n) is 3.50. The Kier molecular flexibility index (Phi) is 2.82. The highest BCUT2D eigenvalue weighted by atomic mass is 32.2. The maximum atomic E-state index is 10.6. The van der Waals surface area contributed by atoms with E-state index in [2.05, 4.69) is 11.9 Å². The standard InChI is InChI=1S/C6H14N2OS/c1-8-3-2-6(4-8)5-10(7)9/h6H,2-5,7H2,1H3. The van der Waals surface area contributed by atoms with Crippen LogP contribution in [0.15, 0.2) is 0 Å². The zero-order chi connectivity index (χ0) is 7.56. The van der Waals surface area contributed by atoms with E-state index in [9.17, 15) is 4.21 Å². The molecule has 0 aromatic rings. The van der Waals surface area contributed by atoms with Gasteiger partial charge in [-0.1, -0.05) is 0 Å². The van der Waals surface area contributed by atoms with E-state index >= 15 is 0 Å². The van der Waals surface area contributed by atoms with Crippen molar-refractivity contribution in [1.82, 2.24) is 4.90 Å². The van der Waals surface area contributed by atoms with Gasteiger partial charge in [-0.2, -0.15) is 0 Å². The summed E-state index contributed by atoms with van der Waals surface area (Å²) in [7, 11) is 0.986. The molecule has 3 nitrogen and oxygen atoms in total. The molecule has 0 aromatic heterocycles. The zero-order valence-electron chi connectivity index (χ0n) is 6.25. The lowest BCUT2D eigenvalue weighted by molar-refractivity contribution is 0.402. The zero-order valence-corrected chi connectivity index (χ0v) is 7.06. The molecule has 0 saturated carbocycles. The van der Waals surface area contributed by atoms with Gasteiger partial charge in [0, 0.05) is 12.3 Å². The third-order valence-electron chi connectivity index (χ3n) is 1.89. The summed E-state index contributed by atoms with van der Waals surface area (Å²) in [5, 5.41) is 5.17. The van der Waals surface area contributed by atoms with Crippen molar-refractivity contribution < 1.29 is 4.21 Å². The van der Waals surface area contributed by atoms with E-state index in [1.165, 1.54) is 0 Å². The summed E-state index contributed by atoms with van der Waals surface area (Å²) in [6.45, 7) is 2.19. The molecule has 0 bridgehead atoms. The lowest BCUT2D eigenvalue weighted by atomic mass is 10.2. The van der Waals surface area contributed by atoms with Crippen molar-refractivity contribution in [3.8, 4) is 0 Å². The third kappa shape index (κ3) is 2.36. The highest BCUT2D eigenvalue weighted by Gasteiger charge is 2.20. The number of nitrogens with zero attached hydrogens (tertiary/aromatic N) is 1. The van der Waals surface area contributed by atoms with Crippen LogP contribution in [-0.4, -0.2) is 35.0 Å². The van der Waals surface area contributed by atoms with Crippen molar-refractivity contribution in [2.75, 3.05) is 25.9 Å². The molecule has 0 amide bonds. The maximum absolute atomic E-state index is 10.6. The molecular weight excluding hydrogens is 148 g/mol. The van der Waals surface area contributed by atoms with Gasteiger partial charge in [0.25, 0.3) is 0 Å². The fourth-order valence-electron chi connectivity index (χ4n) is 1.39. The predicted octanol–water partition coefficient (Wildman–Crippen LogP) is -0.439. The van der Waals surface area contributed by atoms with Crippen LogP contribution in [0.2, 0.25) is 0 Å². The normalized spacial score (nSPS) is 30.8. The van der Waals surface area contributed by atoms with Gasteiger partial charge >= 0.3 is 0 Å². The van der Waals surface area contributed by atoms with Gasteiger partial charge in [-0.25, -0.2) is 4.21 Å². The van der Waals surface area contributed by atoms with E-state index < -0.39 is 11.0 Å². The molecule has 4 heteroatoms. The topological polar surface area (TPSA) is 46.3 Å². The Balaban J connectivity index is 2.24. The van der Waals surface area contributed by atoms with Gasteiger partial charge < -0.3 is 4.90 Å². The van der Waals surface area contributed by atoms with E-state index in [1.807, 2.05) is 0 Å². The van der Waals surface area contributed by atoms with Crippen molar-refractivity contribution in [2.45, 2.75) is 6.42 Å². The van der Waals surface area contributed by atoms with E-state index in [0.717, 1.165) is 19.5 Å². The van der Waals surface area contributed by atoms with Crippen molar-refractivity contribution in [2.24, 2.45) is 11.1 Å². The minimum Gasteiger partial charge on any atom is -0.306 e. The SMILES string of the molecule is CN1CCC(CS(N)=O)C1. The first-order valence-corrected chi connectivity index (χ1v) is 4.88. The highest BCUT2D eigenvalue weighted by molar-refractivity contribution is 7.82. The molecule has 10 heavy (non-hydrogen) atoms. The molecular formula is C6H14N2OS. The Morgan fingerprint density at radius 2 is 2.50 bits per heavy atom. The van der Waals surface area contributed by atoms with E-state index in [1.54, 1.807) is 0 Å². The Morgan fingerprint density at radius 1 is 1.80 bits per heavy atom. The van der Waals surface area contributed by atoms with Crippen molar-refractivity contribution in [3.05, 3.63) is 0 Å². The molecule has 0 radical (unpaired) electrons. The summed E-state index contributed by atoms with van der Waals surface area (Å²) < 4.78 is 10.6. The molecule has 1 fully saturated rings. The molecule has 1 rings (SSSR count). The second kappa shape index (κ2) is 3.46. The Bertz CT molecular complexity index is 140. The first-order chi connectivity index (χ1) is 4.68. The molecule has 2 atom stereocenters. The van der Waals surface area contributed by atoms with Crippen LogP contribution in [0.1, 0.15) is 6.42 Å². The van der Waals surface area contributed by atoms with Crippen LogP contribution in [0.5, 0.6) is 0 Å². The third-order valence-corrected chi connectivity index (χ3v) is 2.69. The minimum absolute atomic E-state index is 0.566. The number of hydrogen-bond acceptors (Lipinski definition) is 2. The summed E-state index contributed by atoms with van der Waals surface area (Å²) in [5.74, 6) is 1.24. The van der Waals surface area contributed by atoms with Crippen molar-refractivity contribution in [1.29, 1.82) is 0 Å². The molecule has 2 unspecified atom stereocenters. The first kappa shape index (κ1) is 8.17. The maximum Gasteiger partial charge on any atom is 0.0891 e. The van der Waals surface area contributed by atoms with E-state index in [0.29, 0.717) is 11.7 Å². The van der Waals surface area contributed by atoms with Crippen LogP contribution in [0.4, 0.5) is 0 Å². The van der Waals surface area contributed by atoms with E-state index in [4.69, 9.17) is 5.14 Å². The molecule has 1 saturated heterocycles. The highest BCUT2D eigenvalue weighted by Crippen LogP contribution is 2.13. The summed E-state index contributed by atoms with van der Waals surface area (Å²) in [6.07, 6.45) is 1.15. The van der Waals surface area contributed by atoms with Gasteiger partial charge in [0.2, 0.25) is 0 Å². The summed E-state index contributed by atoms with van der Waals surface area (Å²) in [6, 6.07) is 0. The summed E-state index contributed by atoms with van der Waals surface area (Å²) in [5.41, 5.74) is 0. The van der Waals surface area contributed by atoms with Crippen LogP contribution >= 0.6 is 0 Å². The van der Waals surface area contributed by atoms with Crippen molar-refractivity contribution >= 4 is 11.0 Å². The van der Waals surface area contributed by atoms with Gasteiger partial charge in [0.1, 0.15) is 0 Å². The largest absolute Gasteiger partial charge is 0.306 e. The number of nitrogens with two attached hydrogens (primary N) is 1. The number of rotatable bonds is 2. The van der Waals surface area contributed by atoms with Crippen LogP contribution in [0.25, 0.3) is 0 Å². The minimum atomic E-state index is -1.10. The molecule has 1 aliphatic rings. The quantitative estimate of drug-likeness (QED) is 0.598. The fraction of sp³-hybridized carbons (Fsp3) is 1.00. The molecule has 2 N–H and O–H groups in total. The molecule has 0 spiro atoms. The second-order valence-corrected chi connectivity index (χ2v) is 4.06. The summed E-state index contributed by atoms with van der Waals surface area (Å²) >= 11 is 0. The van der Waals surface area contributed by atoms with Gasteiger partial charge in [-0.3, -0.25) is 5.14 Å².